The number of phenolic OH excluding ortho intramolecular Hbond substituents is 1. The highest BCUT2D eigenvalue weighted by Gasteiger charge is 2.39. The highest BCUT2D eigenvalue weighted by molar-refractivity contribution is 5.98. The Balaban J connectivity index is 2.46. The third kappa shape index (κ3) is 24.2. The van der Waals surface area contributed by atoms with E-state index in [-0.39, 0.29) is 82.8 Å². The fourth-order valence-electron chi connectivity index (χ4n) is 8.08. The summed E-state index contributed by atoms with van der Waals surface area (Å²) >= 11 is 0. The lowest BCUT2D eigenvalue weighted by Gasteiger charge is -2.29. The molecule has 420 valence electrons. The van der Waals surface area contributed by atoms with E-state index >= 15 is 0 Å². The molecule has 0 unspecified atom stereocenters. The number of nitrogens with two attached hydrogens (primary N) is 7. The molecule has 0 spiro atoms. The average Bonchev–Trinajstić information content (AvgIpc) is 3.85. The zero-order valence-corrected chi connectivity index (χ0v) is 42.3. The van der Waals surface area contributed by atoms with Gasteiger partial charge in [-0.25, -0.2) is 4.79 Å². The summed E-state index contributed by atoms with van der Waals surface area (Å²) in [5, 5.41) is 44.6. The lowest BCUT2D eigenvalue weighted by molar-refractivity contribution is -0.143. The maximum Gasteiger partial charge on any atom is 0.326 e. The maximum absolute atomic E-state index is 14.4. The van der Waals surface area contributed by atoms with Crippen LogP contribution in [0.4, 0.5) is 0 Å². The van der Waals surface area contributed by atoms with E-state index in [2.05, 4.69) is 36.9 Å². The van der Waals surface area contributed by atoms with Crippen LogP contribution in [0, 0.1) is 0 Å². The molecule has 75 heavy (non-hydrogen) atoms. The number of carboxylic acid groups (broad SMARTS) is 2. The monoisotopic (exact) mass is 1060 g/mol. The van der Waals surface area contributed by atoms with E-state index in [1.165, 1.54) is 29.2 Å². The van der Waals surface area contributed by atoms with Gasteiger partial charge in [0.15, 0.2) is 5.96 Å². The molecular formula is C47H79N15O13. The first kappa shape index (κ1) is 63.9. The summed E-state index contributed by atoms with van der Waals surface area (Å²) in [6.07, 6.45) is 1.51. The summed E-state index contributed by atoms with van der Waals surface area (Å²) < 4.78 is 0. The van der Waals surface area contributed by atoms with E-state index < -0.39 is 127 Å². The molecule has 1 aromatic carbocycles. The summed E-state index contributed by atoms with van der Waals surface area (Å²) in [6, 6.07) is -5.72. The molecule has 1 aliphatic heterocycles. The molecule has 23 N–H and O–H groups in total. The number of carboxylic acids is 2. The Hall–Kier alpha value is -7.17. The van der Waals surface area contributed by atoms with Gasteiger partial charge in [0.2, 0.25) is 47.3 Å². The fourth-order valence-corrected chi connectivity index (χ4v) is 8.08. The Bertz CT molecular complexity index is 2090. The first-order valence-corrected chi connectivity index (χ1v) is 25.2. The number of aliphatic imine (C=N–C) groups is 1. The van der Waals surface area contributed by atoms with Crippen LogP contribution in [0.25, 0.3) is 0 Å². The van der Waals surface area contributed by atoms with Gasteiger partial charge in [0, 0.05) is 25.9 Å². The van der Waals surface area contributed by atoms with Crippen molar-refractivity contribution in [1.29, 1.82) is 0 Å². The van der Waals surface area contributed by atoms with Crippen LogP contribution < -0.4 is 72.0 Å². The van der Waals surface area contributed by atoms with Crippen LogP contribution in [-0.2, 0) is 54.4 Å². The van der Waals surface area contributed by atoms with Crippen LogP contribution in [0.15, 0.2) is 29.3 Å². The maximum atomic E-state index is 14.4. The number of nitrogens with one attached hydrogen (secondary N) is 6. The standard InChI is InChI=1S/C47H79N15O13/c48-20-4-1-9-29(51)45(73)62-24-8-13-36(62)44(72)58-32(18-19-37(52)64)41(69)61-35(26-38(65)66)43(71)60-34(25-27-14-16-28(63)17-15-27)42(70)57-30(10-2-5-21-49)39(67)56-31(11-3-6-22-50)40(68)59-33(46(74)75)12-7-23-55-47(53)54/h14-17,29-36,63H,1-13,18-26,48-51H2,(H2,52,64)(H,56,67)(H,57,70)(H,58,72)(H,59,68)(H,60,71)(H,61,69)(H,65,66)(H,74,75)(H4,53,54,55)/t29-,30-,31-,32-,33-,34-,35-,36-/m0/s1. The molecule has 1 fully saturated rings. The number of nitrogens with zero attached hydrogens (tertiary/aromatic N) is 2. The average molecular weight is 1060 g/mol. The molecule has 2 rings (SSSR count). The number of rotatable bonds is 37. The number of aromatic hydroxyl groups is 1. The number of carbonyl (C=O) groups is 10. The zero-order chi connectivity index (χ0) is 56.0. The van der Waals surface area contributed by atoms with E-state index in [1.54, 1.807) is 0 Å². The molecule has 28 nitrogen and oxygen atoms in total. The fraction of sp³-hybridized carbons (Fsp3) is 0.638. The van der Waals surface area contributed by atoms with Gasteiger partial charge in [-0.1, -0.05) is 18.6 Å². The Morgan fingerprint density at radius 2 is 1.07 bits per heavy atom. The van der Waals surface area contributed by atoms with Crippen LogP contribution in [0.3, 0.4) is 0 Å². The summed E-state index contributed by atoms with van der Waals surface area (Å²) in [4.78, 5) is 139. The summed E-state index contributed by atoms with van der Waals surface area (Å²) in [5.41, 5.74) is 39.6. The molecule has 0 aromatic heterocycles. The van der Waals surface area contributed by atoms with Gasteiger partial charge < -0.3 is 92.3 Å². The van der Waals surface area contributed by atoms with Crippen LogP contribution >= 0.6 is 0 Å². The van der Waals surface area contributed by atoms with Crippen molar-refractivity contribution in [2.24, 2.45) is 45.1 Å². The first-order valence-electron chi connectivity index (χ1n) is 25.2. The van der Waals surface area contributed by atoms with Crippen molar-refractivity contribution >= 4 is 65.2 Å². The van der Waals surface area contributed by atoms with Crippen molar-refractivity contribution in [2.45, 2.75) is 157 Å². The van der Waals surface area contributed by atoms with Gasteiger partial charge in [0.25, 0.3) is 0 Å². The molecule has 1 aromatic rings. The second kappa shape index (κ2) is 34.3. The quantitative estimate of drug-likeness (QED) is 0.0169. The number of hydrogen-bond acceptors (Lipinski definition) is 16. The Morgan fingerprint density at radius 1 is 0.600 bits per heavy atom. The first-order chi connectivity index (χ1) is 35.6. The molecule has 1 saturated heterocycles. The zero-order valence-electron chi connectivity index (χ0n) is 42.3. The van der Waals surface area contributed by atoms with Gasteiger partial charge in [-0.3, -0.25) is 48.1 Å². The number of benzene rings is 1. The minimum Gasteiger partial charge on any atom is -0.508 e. The van der Waals surface area contributed by atoms with E-state index in [9.17, 15) is 63.3 Å². The van der Waals surface area contributed by atoms with E-state index in [0.29, 0.717) is 57.1 Å². The highest BCUT2D eigenvalue weighted by atomic mass is 16.4. The Morgan fingerprint density at radius 3 is 1.57 bits per heavy atom. The predicted molar refractivity (Wildman–Crippen MR) is 273 cm³/mol. The number of aliphatic carboxylic acids is 2. The van der Waals surface area contributed by atoms with Crippen LogP contribution in [0.5, 0.6) is 5.75 Å². The largest absolute Gasteiger partial charge is 0.508 e. The molecule has 0 radical (unpaired) electrons. The molecular weight excluding hydrogens is 983 g/mol. The van der Waals surface area contributed by atoms with Crippen molar-refractivity contribution in [3.05, 3.63) is 29.8 Å². The number of guanidine groups is 1. The molecule has 0 bridgehead atoms. The topological polar surface area (TPSA) is 501 Å². The minimum atomic E-state index is -1.92. The third-order valence-corrected chi connectivity index (χ3v) is 12.2. The lowest BCUT2D eigenvalue weighted by Crippen LogP contribution is -2.60. The van der Waals surface area contributed by atoms with Crippen molar-refractivity contribution in [2.75, 3.05) is 32.7 Å². The molecule has 28 heteroatoms. The predicted octanol–water partition coefficient (Wildman–Crippen LogP) is -4.57. The Kier molecular flexibility index (Phi) is 29.3. The number of hydrogen-bond donors (Lipinski definition) is 16. The molecule has 0 aliphatic carbocycles. The minimum absolute atomic E-state index is 0.0191. The smallest absolute Gasteiger partial charge is 0.326 e. The van der Waals surface area contributed by atoms with Crippen LogP contribution in [-0.4, -0.2) is 166 Å². The van der Waals surface area contributed by atoms with Crippen molar-refractivity contribution in [1.82, 2.24) is 36.8 Å². The molecule has 0 saturated carbocycles. The van der Waals surface area contributed by atoms with Gasteiger partial charge >= 0.3 is 11.9 Å². The second-order valence-corrected chi connectivity index (χ2v) is 18.3. The number of unbranched alkanes of at least 4 members (excludes halogenated alkanes) is 3. The SMILES string of the molecule is NCCCC[C@H](NC(=O)[C@H](CCCCN)NC(=O)[C@H](Cc1ccc(O)cc1)NC(=O)[C@H](CC(=O)O)NC(=O)[C@H](CCC(N)=O)NC(=O)[C@@H]1CCCN1C(=O)[C@@H](N)CCCCN)C(=O)N[C@@H](CCCN=C(N)N)C(=O)O. The van der Waals surface area contributed by atoms with Gasteiger partial charge in [0.05, 0.1) is 12.5 Å². The number of likely N-dealkylation sites (tertiary alicyclic amines) is 1. The lowest BCUT2D eigenvalue weighted by atomic mass is 10.0. The Labute approximate surface area is 435 Å². The summed E-state index contributed by atoms with van der Waals surface area (Å²) in [7, 11) is 0. The second-order valence-electron chi connectivity index (χ2n) is 18.3. The van der Waals surface area contributed by atoms with Gasteiger partial charge in [-0.2, -0.15) is 0 Å². The van der Waals surface area contributed by atoms with Gasteiger partial charge in [-0.05, 0) is 121 Å². The van der Waals surface area contributed by atoms with Crippen LogP contribution in [0.2, 0.25) is 0 Å². The normalized spacial score (nSPS) is 15.8. The summed E-state index contributed by atoms with van der Waals surface area (Å²) in [6.45, 7) is 1.14. The third-order valence-electron chi connectivity index (χ3n) is 12.2. The number of amides is 8. The van der Waals surface area contributed by atoms with E-state index in [0.717, 1.165) is 0 Å². The molecule has 1 aliphatic rings. The van der Waals surface area contributed by atoms with Crippen molar-refractivity contribution < 1.29 is 63.3 Å². The van der Waals surface area contributed by atoms with Crippen LogP contribution in [0.1, 0.15) is 108 Å². The molecule has 8 atom stereocenters. The molecule has 1 heterocycles. The van der Waals surface area contributed by atoms with Crippen molar-refractivity contribution in [3.8, 4) is 5.75 Å². The number of primary amides is 1. The highest BCUT2D eigenvalue weighted by Crippen LogP contribution is 2.20. The number of carbonyl (C=O) groups excluding carboxylic acids is 8. The van der Waals surface area contributed by atoms with E-state index in [1.807, 2.05) is 0 Å². The number of phenols is 1. The summed E-state index contributed by atoms with van der Waals surface area (Å²) in [5.74, 6) is -10.4. The van der Waals surface area contributed by atoms with E-state index in [4.69, 9.17) is 40.1 Å². The van der Waals surface area contributed by atoms with Gasteiger partial charge in [0.1, 0.15) is 48.0 Å². The molecule has 8 amide bonds. The van der Waals surface area contributed by atoms with Gasteiger partial charge in [-0.15, -0.1) is 0 Å². The van der Waals surface area contributed by atoms with Crippen molar-refractivity contribution in [3.63, 3.8) is 0 Å².